The molecule has 3 rings (SSSR count). The van der Waals surface area contributed by atoms with E-state index in [0.29, 0.717) is 22.9 Å². The molecule has 0 amide bonds. The van der Waals surface area contributed by atoms with Crippen molar-refractivity contribution >= 4 is 5.78 Å². The average molecular weight is 413 g/mol. The number of Topliss-reactive ketones (excluding diaryl/α,β-unsaturated/α-hetero) is 1. The molecule has 0 unspecified atom stereocenters. The van der Waals surface area contributed by atoms with Gasteiger partial charge in [0, 0.05) is 12.3 Å². The number of ketones is 1. The Morgan fingerprint density at radius 2 is 1.87 bits per heavy atom. The van der Waals surface area contributed by atoms with Crippen molar-refractivity contribution in [2.75, 3.05) is 0 Å². The zero-order chi connectivity index (χ0) is 22.1. The van der Waals surface area contributed by atoms with Crippen molar-refractivity contribution in [1.29, 1.82) is 0 Å². The summed E-state index contributed by atoms with van der Waals surface area (Å²) in [4.78, 5) is 13.0. The molecule has 2 nitrogen and oxygen atoms in total. The molecule has 0 heterocycles. The van der Waals surface area contributed by atoms with Gasteiger partial charge in [-0.3, -0.25) is 4.79 Å². The number of benzene rings is 1. The first-order chi connectivity index (χ1) is 14.1. The zero-order valence-electron chi connectivity index (χ0n) is 20.2. The number of phenolic OH excluding ortho intramolecular Hbond substituents is 1. The van der Waals surface area contributed by atoms with Crippen LogP contribution in [0.4, 0.5) is 0 Å². The van der Waals surface area contributed by atoms with Crippen LogP contribution in [0.15, 0.2) is 18.2 Å². The first kappa shape index (κ1) is 23.4. The Hall–Kier alpha value is -1.31. The molecule has 1 N–H and O–H groups in total. The molecule has 6 atom stereocenters. The third-order valence-electron chi connectivity index (χ3n) is 9.25. The Kier molecular flexibility index (Phi) is 7.36. The molecule has 1 aromatic carbocycles. The molecular weight excluding hydrogens is 368 g/mol. The van der Waals surface area contributed by atoms with Crippen LogP contribution in [0.5, 0.6) is 5.75 Å². The van der Waals surface area contributed by atoms with Crippen LogP contribution in [0.25, 0.3) is 0 Å². The van der Waals surface area contributed by atoms with Gasteiger partial charge in [0.05, 0.1) is 0 Å². The molecule has 0 aliphatic heterocycles. The molecule has 1 aromatic rings. The fraction of sp³-hybridized carbons (Fsp3) is 0.750. The van der Waals surface area contributed by atoms with Crippen molar-refractivity contribution in [1.82, 2.24) is 0 Å². The van der Waals surface area contributed by atoms with E-state index < -0.39 is 0 Å². The van der Waals surface area contributed by atoms with E-state index in [2.05, 4.69) is 41.5 Å². The highest BCUT2D eigenvalue weighted by molar-refractivity contribution is 5.82. The Labute approximate surface area is 184 Å². The van der Waals surface area contributed by atoms with Gasteiger partial charge in [0.25, 0.3) is 0 Å². The van der Waals surface area contributed by atoms with Gasteiger partial charge in [-0.1, -0.05) is 53.5 Å². The number of fused-ring (bicyclic) bond motifs is 1. The van der Waals surface area contributed by atoms with Crippen LogP contribution < -0.4 is 0 Å². The lowest BCUT2D eigenvalue weighted by Gasteiger charge is -2.46. The summed E-state index contributed by atoms with van der Waals surface area (Å²) in [5, 5.41) is 9.87. The van der Waals surface area contributed by atoms with Gasteiger partial charge in [-0.2, -0.15) is 0 Å². The molecule has 2 saturated carbocycles. The Bertz CT molecular complexity index is 736. The van der Waals surface area contributed by atoms with Gasteiger partial charge in [-0.25, -0.2) is 0 Å². The number of rotatable bonds is 8. The third-order valence-corrected chi connectivity index (χ3v) is 9.25. The molecule has 2 aliphatic rings. The van der Waals surface area contributed by atoms with E-state index >= 15 is 0 Å². The Morgan fingerprint density at radius 3 is 2.57 bits per heavy atom. The highest BCUT2D eigenvalue weighted by Crippen LogP contribution is 2.60. The van der Waals surface area contributed by atoms with E-state index in [4.69, 9.17) is 0 Å². The summed E-state index contributed by atoms with van der Waals surface area (Å²) in [6.45, 7) is 14.2. The first-order valence-electron chi connectivity index (χ1n) is 12.4. The molecule has 2 heteroatoms. The second kappa shape index (κ2) is 9.45. The summed E-state index contributed by atoms with van der Waals surface area (Å²) in [5.41, 5.74) is 2.74. The Balaban J connectivity index is 1.68. The lowest BCUT2D eigenvalue weighted by Crippen LogP contribution is -2.43. The first-order valence-corrected chi connectivity index (χ1v) is 12.4. The van der Waals surface area contributed by atoms with Crippen molar-refractivity contribution in [3.63, 3.8) is 0 Å². The topological polar surface area (TPSA) is 37.3 Å². The number of carbonyl (C=O) groups excluding carboxylic acids is 1. The summed E-state index contributed by atoms with van der Waals surface area (Å²) in [7, 11) is 0. The van der Waals surface area contributed by atoms with E-state index in [1.165, 1.54) is 36.8 Å². The van der Waals surface area contributed by atoms with Crippen LogP contribution in [-0.2, 0) is 11.2 Å². The van der Waals surface area contributed by atoms with Gasteiger partial charge in [0.15, 0.2) is 0 Å². The maximum absolute atomic E-state index is 13.0. The quantitative estimate of drug-likeness (QED) is 0.484. The highest BCUT2D eigenvalue weighted by Gasteiger charge is 2.54. The minimum absolute atomic E-state index is 0.206. The number of hydrogen-bond donors (Lipinski definition) is 1. The van der Waals surface area contributed by atoms with Gasteiger partial charge in [0.1, 0.15) is 11.5 Å². The molecule has 0 aromatic heterocycles. The van der Waals surface area contributed by atoms with Crippen molar-refractivity contribution in [2.45, 2.75) is 92.9 Å². The smallest absolute Gasteiger partial charge is 0.136 e. The molecule has 2 aliphatic carbocycles. The lowest BCUT2D eigenvalue weighted by atomic mass is 9.58. The average Bonchev–Trinajstić information content (AvgIpc) is 3.05. The maximum atomic E-state index is 13.0. The predicted octanol–water partition coefficient (Wildman–Crippen LogP) is 7.35. The van der Waals surface area contributed by atoms with Crippen LogP contribution in [0.2, 0.25) is 0 Å². The van der Waals surface area contributed by atoms with E-state index in [-0.39, 0.29) is 5.92 Å². The van der Waals surface area contributed by atoms with Crippen LogP contribution in [0, 0.1) is 47.8 Å². The molecule has 0 spiro atoms. The van der Waals surface area contributed by atoms with Crippen molar-refractivity contribution < 1.29 is 9.90 Å². The minimum atomic E-state index is 0.206. The SMILES string of the molecule is Cc1ccc(O)cc1CC[C@@H]1C(=O)CC[C@]2(C)[C@@H]([C@H](C)CC[C@H](C)C(C)C)CC[C@@H]12. The van der Waals surface area contributed by atoms with E-state index in [1.807, 2.05) is 12.1 Å². The highest BCUT2D eigenvalue weighted by atomic mass is 16.3. The molecule has 0 bridgehead atoms. The summed E-state index contributed by atoms with van der Waals surface area (Å²) in [6, 6.07) is 5.63. The van der Waals surface area contributed by atoms with Gasteiger partial charge < -0.3 is 5.11 Å². The van der Waals surface area contributed by atoms with E-state index in [1.54, 1.807) is 6.07 Å². The van der Waals surface area contributed by atoms with Gasteiger partial charge in [0.2, 0.25) is 0 Å². The van der Waals surface area contributed by atoms with E-state index in [0.717, 1.165) is 49.4 Å². The summed E-state index contributed by atoms with van der Waals surface area (Å²) >= 11 is 0. The maximum Gasteiger partial charge on any atom is 0.136 e. The van der Waals surface area contributed by atoms with E-state index in [9.17, 15) is 9.90 Å². The van der Waals surface area contributed by atoms with Crippen LogP contribution >= 0.6 is 0 Å². The second-order valence-corrected chi connectivity index (χ2v) is 11.3. The molecular formula is C28H44O2. The fourth-order valence-corrected chi connectivity index (χ4v) is 6.72. The number of carbonyl (C=O) groups is 1. The summed E-state index contributed by atoms with van der Waals surface area (Å²) in [5.74, 6) is 4.66. The predicted molar refractivity (Wildman–Crippen MR) is 126 cm³/mol. The minimum Gasteiger partial charge on any atom is -0.508 e. The Morgan fingerprint density at radius 1 is 1.13 bits per heavy atom. The zero-order valence-corrected chi connectivity index (χ0v) is 20.2. The van der Waals surface area contributed by atoms with Crippen LogP contribution in [0.1, 0.15) is 90.7 Å². The molecule has 30 heavy (non-hydrogen) atoms. The van der Waals surface area contributed by atoms with Gasteiger partial charge in [-0.15, -0.1) is 0 Å². The van der Waals surface area contributed by atoms with Gasteiger partial charge in [-0.05, 0) is 97.3 Å². The normalized spacial score (nSPS) is 31.0. The monoisotopic (exact) mass is 412 g/mol. The number of hydrogen-bond acceptors (Lipinski definition) is 2. The fourth-order valence-electron chi connectivity index (χ4n) is 6.72. The number of phenols is 1. The largest absolute Gasteiger partial charge is 0.508 e. The van der Waals surface area contributed by atoms with Crippen molar-refractivity contribution in [3.05, 3.63) is 29.3 Å². The number of aromatic hydroxyl groups is 1. The molecule has 0 saturated heterocycles. The molecule has 0 radical (unpaired) electrons. The second-order valence-electron chi connectivity index (χ2n) is 11.3. The van der Waals surface area contributed by atoms with Crippen molar-refractivity contribution in [3.8, 4) is 5.75 Å². The third kappa shape index (κ3) is 4.78. The van der Waals surface area contributed by atoms with Crippen LogP contribution in [0.3, 0.4) is 0 Å². The number of aryl methyl sites for hydroxylation is 2. The molecule has 168 valence electrons. The van der Waals surface area contributed by atoms with Crippen LogP contribution in [-0.4, -0.2) is 10.9 Å². The molecule has 2 fully saturated rings. The van der Waals surface area contributed by atoms with Crippen molar-refractivity contribution in [2.24, 2.45) is 40.9 Å². The standard InChI is InChI=1S/C28H44O2/c1-18(2)19(3)7-8-21(5)25-13-14-26-24(27(30)15-16-28(25,26)6)12-10-22-17-23(29)11-9-20(22)4/h9,11,17-19,21,24-26,29H,7-8,10,12-16H2,1-6H3/t19-,21+,24-,25+,26-,28+/m0/s1. The summed E-state index contributed by atoms with van der Waals surface area (Å²) < 4.78 is 0. The summed E-state index contributed by atoms with van der Waals surface area (Å²) in [6.07, 6.45) is 8.87. The van der Waals surface area contributed by atoms with Gasteiger partial charge >= 0.3 is 0 Å². The lowest BCUT2D eigenvalue weighted by molar-refractivity contribution is -0.132.